The van der Waals surface area contributed by atoms with Crippen molar-refractivity contribution in [2.45, 2.75) is 25.5 Å². The minimum atomic E-state index is -1.26. The molecule has 0 saturated heterocycles. The molecule has 5 nitrogen and oxygen atoms in total. The number of nitrogens with one attached hydrogen (secondary N) is 1. The van der Waals surface area contributed by atoms with Gasteiger partial charge in [0.2, 0.25) is 5.91 Å². The third kappa shape index (κ3) is 6.37. The number of benzene rings is 3. The normalized spacial score (nSPS) is 11.5. The van der Waals surface area contributed by atoms with Crippen molar-refractivity contribution in [3.63, 3.8) is 0 Å². The Balaban J connectivity index is 1.63. The first kappa shape index (κ1) is 22.0. The van der Waals surface area contributed by atoms with Gasteiger partial charge in [-0.2, -0.15) is 0 Å². The van der Waals surface area contributed by atoms with Gasteiger partial charge in [0.05, 0.1) is 6.42 Å². The summed E-state index contributed by atoms with van der Waals surface area (Å²) >= 11 is 0. The van der Waals surface area contributed by atoms with Crippen LogP contribution in [0.2, 0.25) is 0 Å². The van der Waals surface area contributed by atoms with E-state index in [9.17, 15) is 23.5 Å². The van der Waals surface area contributed by atoms with Crippen LogP contribution in [0.4, 0.5) is 8.78 Å². The van der Waals surface area contributed by atoms with E-state index in [4.69, 9.17) is 4.74 Å². The molecular formula is C24H21F2NO4. The van der Waals surface area contributed by atoms with Crippen molar-refractivity contribution in [3.05, 3.63) is 101 Å². The summed E-state index contributed by atoms with van der Waals surface area (Å²) in [6.45, 7) is 0.359. The van der Waals surface area contributed by atoms with E-state index in [1.807, 2.05) is 30.3 Å². The molecule has 3 aromatic carbocycles. The van der Waals surface area contributed by atoms with Gasteiger partial charge in [-0.1, -0.05) is 48.5 Å². The van der Waals surface area contributed by atoms with Crippen LogP contribution in [0.25, 0.3) is 0 Å². The van der Waals surface area contributed by atoms with Gasteiger partial charge in [-0.05, 0) is 35.4 Å². The lowest BCUT2D eigenvalue weighted by atomic mass is 10.0. The average Bonchev–Trinajstić information content (AvgIpc) is 2.75. The molecule has 0 aromatic heterocycles. The summed E-state index contributed by atoms with van der Waals surface area (Å²) in [5, 5.41) is 11.8. The Hall–Kier alpha value is -3.74. The number of aliphatic carboxylic acids is 1. The maximum absolute atomic E-state index is 13.7. The molecule has 0 fully saturated rings. The zero-order chi connectivity index (χ0) is 22.2. The number of carbonyl (C=O) groups excluding carboxylic acids is 1. The van der Waals surface area contributed by atoms with Gasteiger partial charge < -0.3 is 15.2 Å². The van der Waals surface area contributed by atoms with Gasteiger partial charge in [-0.15, -0.1) is 0 Å². The van der Waals surface area contributed by atoms with Crippen LogP contribution in [0.3, 0.4) is 0 Å². The topological polar surface area (TPSA) is 75.6 Å². The number of carbonyl (C=O) groups is 2. The van der Waals surface area contributed by atoms with E-state index >= 15 is 0 Å². The number of carboxylic acid groups (broad SMARTS) is 1. The number of hydrogen-bond acceptors (Lipinski definition) is 3. The van der Waals surface area contributed by atoms with E-state index in [0.29, 0.717) is 17.9 Å². The summed E-state index contributed by atoms with van der Waals surface area (Å²) in [4.78, 5) is 23.8. The van der Waals surface area contributed by atoms with E-state index in [0.717, 1.165) is 17.7 Å². The van der Waals surface area contributed by atoms with Crippen molar-refractivity contribution in [1.29, 1.82) is 0 Å². The lowest BCUT2D eigenvalue weighted by molar-refractivity contribution is -0.141. The van der Waals surface area contributed by atoms with Crippen LogP contribution in [0.5, 0.6) is 5.75 Å². The molecule has 0 spiro atoms. The van der Waals surface area contributed by atoms with Crippen molar-refractivity contribution in [3.8, 4) is 5.75 Å². The minimum Gasteiger partial charge on any atom is -0.489 e. The maximum atomic E-state index is 13.7. The van der Waals surface area contributed by atoms with E-state index < -0.39 is 41.5 Å². The molecule has 31 heavy (non-hydrogen) atoms. The molecule has 0 saturated carbocycles. The number of rotatable bonds is 9. The van der Waals surface area contributed by atoms with Gasteiger partial charge in [-0.25, -0.2) is 13.6 Å². The minimum absolute atomic E-state index is 0.0106. The van der Waals surface area contributed by atoms with Gasteiger partial charge in [0.1, 0.15) is 30.0 Å². The first-order chi connectivity index (χ1) is 14.9. The summed E-state index contributed by atoms with van der Waals surface area (Å²) < 4.78 is 33.2. The highest BCUT2D eigenvalue weighted by molar-refractivity contribution is 5.85. The Morgan fingerprint density at radius 2 is 1.55 bits per heavy atom. The molecule has 0 aliphatic carbocycles. The van der Waals surface area contributed by atoms with Crippen molar-refractivity contribution < 1.29 is 28.2 Å². The molecule has 1 amide bonds. The highest BCUT2D eigenvalue weighted by Gasteiger charge is 2.22. The van der Waals surface area contributed by atoms with Gasteiger partial charge in [-0.3, -0.25) is 4.79 Å². The second-order valence-corrected chi connectivity index (χ2v) is 6.96. The van der Waals surface area contributed by atoms with Crippen LogP contribution < -0.4 is 10.1 Å². The molecule has 3 aromatic rings. The molecule has 0 aliphatic heterocycles. The Morgan fingerprint density at radius 1 is 0.903 bits per heavy atom. The molecule has 160 valence electrons. The van der Waals surface area contributed by atoms with Crippen LogP contribution in [-0.4, -0.2) is 23.0 Å². The van der Waals surface area contributed by atoms with Crippen LogP contribution in [0, 0.1) is 11.6 Å². The third-order valence-corrected chi connectivity index (χ3v) is 4.62. The largest absolute Gasteiger partial charge is 0.489 e. The van der Waals surface area contributed by atoms with E-state index in [1.54, 1.807) is 24.3 Å². The van der Waals surface area contributed by atoms with Crippen LogP contribution in [0.1, 0.15) is 16.7 Å². The predicted molar refractivity (Wildman–Crippen MR) is 111 cm³/mol. The molecule has 7 heteroatoms. The fourth-order valence-electron chi connectivity index (χ4n) is 3.05. The van der Waals surface area contributed by atoms with E-state index in [-0.39, 0.29) is 6.42 Å². The molecule has 0 bridgehead atoms. The fourth-order valence-corrected chi connectivity index (χ4v) is 3.05. The zero-order valence-corrected chi connectivity index (χ0v) is 16.6. The smallest absolute Gasteiger partial charge is 0.326 e. The van der Waals surface area contributed by atoms with Crippen molar-refractivity contribution in [2.24, 2.45) is 0 Å². The second-order valence-electron chi connectivity index (χ2n) is 6.96. The third-order valence-electron chi connectivity index (χ3n) is 4.62. The monoisotopic (exact) mass is 425 g/mol. The molecule has 0 aliphatic rings. The molecule has 0 radical (unpaired) electrons. The lowest BCUT2D eigenvalue weighted by Gasteiger charge is -2.16. The van der Waals surface area contributed by atoms with Crippen molar-refractivity contribution in [1.82, 2.24) is 5.32 Å². The van der Waals surface area contributed by atoms with Gasteiger partial charge >= 0.3 is 5.97 Å². The molecular weight excluding hydrogens is 404 g/mol. The Morgan fingerprint density at radius 3 is 2.23 bits per heavy atom. The molecule has 0 heterocycles. The highest BCUT2D eigenvalue weighted by Crippen LogP contribution is 2.17. The summed E-state index contributed by atoms with van der Waals surface area (Å²) in [6, 6.07) is 18.5. The summed E-state index contributed by atoms with van der Waals surface area (Å²) in [7, 11) is 0. The predicted octanol–water partition coefficient (Wildman–Crippen LogP) is 3.90. The summed E-state index contributed by atoms with van der Waals surface area (Å²) in [5.74, 6) is -3.19. The highest BCUT2D eigenvalue weighted by atomic mass is 19.1. The number of amides is 1. The second kappa shape index (κ2) is 10.3. The molecule has 3 rings (SSSR count). The standard InChI is InChI=1S/C24H21F2NO4/c25-20-10-5-11-21(26)19(20)14-23(28)27-22(24(29)30)13-17-8-4-9-18(12-17)31-15-16-6-2-1-3-7-16/h1-12,22H,13-15H2,(H,27,28)(H,29,30)/t22-/m0/s1. The summed E-state index contributed by atoms with van der Waals surface area (Å²) in [6.07, 6.45) is -0.605. The summed E-state index contributed by atoms with van der Waals surface area (Å²) in [5.41, 5.74) is 1.22. The van der Waals surface area contributed by atoms with Gasteiger partial charge in [0.25, 0.3) is 0 Å². The van der Waals surface area contributed by atoms with Crippen molar-refractivity contribution in [2.75, 3.05) is 0 Å². The SMILES string of the molecule is O=C(Cc1c(F)cccc1F)N[C@@H](Cc1cccc(OCc2ccccc2)c1)C(=O)O. The number of carboxylic acids is 1. The quantitative estimate of drug-likeness (QED) is 0.545. The first-order valence-corrected chi connectivity index (χ1v) is 9.63. The fraction of sp³-hybridized carbons (Fsp3) is 0.167. The number of hydrogen-bond donors (Lipinski definition) is 2. The van der Waals surface area contributed by atoms with Crippen LogP contribution >= 0.6 is 0 Å². The average molecular weight is 425 g/mol. The Kier molecular flexibility index (Phi) is 7.32. The maximum Gasteiger partial charge on any atom is 0.326 e. The van der Waals surface area contributed by atoms with Gasteiger partial charge in [0.15, 0.2) is 0 Å². The molecule has 1 atom stereocenters. The number of halogens is 2. The number of ether oxygens (including phenoxy) is 1. The first-order valence-electron chi connectivity index (χ1n) is 9.63. The van der Waals surface area contributed by atoms with Crippen LogP contribution in [-0.2, 0) is 29.0 Å². The molecule has 0 unspecified atom stereocenters. The van der Waals surface area contributed by atoms with E-state index in [2.05, 4.69) is 5.32 Å². The Bertz CT molecular complexity index is 1040. The van der Waals surface area contributed by atoms with Crippen molar-refractivity contribution >= 4 is 11.9 Å². The van der Waals surface area contributed by atoms with Crippen LogP contribution in [0.15, 0.2) is 72.8 Å². The zero-order valence-electron chi connectivity index (χ0n) is 16.6. The lowest BCUT2D eigenvalue weighted by Crippen LogP contribution is -2.43. The van der Waals surface area contributed by atoms with E-state index in [1.165, 1.54) is 6.07 Å². The Labute approximate surface area is 178 Å². The van der Waals surface area contributed by atoms with Gasteiger partial charge in [0, 0.05) is 12.0 Å². The molecule has 2 N–H and O–H groups in total.